The summed E-state index contributed by atoms with van der Waals surface area (Å²) in [4.78, 5) is 33.1. The number of unbranched alkanes of at least 4 members (excludes halogenated alkanes) is 7. The van der Waals surface area contributed by atoms with Gasteiger partial charge in [-0.15, -0.1) is 0 Å². The van der Waals surface area contributed by atoms with E-state index in [0.29, 0.717) is 25.7 Å². The van der Waals surface area contributed by atoms with Crippen LogP contribution in [-0.4, -0.2) is 33.2 Å². The van der Waals surface area contributed by atoms with Gasteiger partial charge in [0.15, 0.2) is 0 Å². The molecule has 0 amide bonds. The van der Waals surface area contributed by atoms with E-state index in [1.54, 1.807) is 0 Å². The van der Waals surface area contributed by atoms with Gasteiger partial charge in [0.1, 0.15) is 0 Å². The van der Waals surface area contributed by atoms with Gasteiger partial charge in [-0.2, -0.15) is 0 Å². The van der Waals surface area contributed by atoms with Crippen LogP contribution in [0.1, 0.15) is 96.8 Å². The van der Waals surface area contributed by atoms with Crippen molar-refractivity contribution in [2.24, 2.45) is 11.8 Å². The summed E-state index contributed by atoms with van der Waals surface area (Å²) in [5.41, 5.74) is 0. The van der Waals surface area contributed by atoms with E-state index < -0.39 is 29.7 Å². The van der Waals surface area contributed by atoms with Gasteiger partial charge in [-0.1, -0.05) is 64.7 Å². The van der Waals surface area contributed by atoms with Crippen LogP contribution in [0.4, 0.5) is 0 Å². The van der Waals surface area contributed by atoms with Crippen molar-refractivity contribution in [2.75, 3.05) is 0 Å². The third-order valence-corrected chi connectivity index (χ3v) is 4.92. The van der Waals surface area contributed by atoms with Crippen LogP contribution in [0.25, 0.3) is 0 Å². The Kier molecular flexibility index (Phi) is 14.7. The normalized spacial score (nSPS) is 13.3. The number of rotatable bonds is 18. The van der Waals surface area contributed by atoms with Crippen LogP contribution in [-0.2, 0) is 14.4 Å². The lowest BCUT2D eigenvalue weighted by atomic mass is 9.91. The molecule has 3 N–H and O–H groups in total. The summed E-state index contributed by atoms with van der Waals surface area (Å²) in [5, 5.41) is 27.1. The first-order chi connectivity index (χ1) is 12.4. The molecule has 0 aromatic heterocycles. The monoisotopic (exact) mass is 372 g/mol. The third kappa shape index (κ3) is 13.7. The van der Waals surface area contributed by atoms with E-state index >= 15 is 0 Å². The lowest BCUT2D eigenvalue weighted by Gasteiger charge is -2.15. The van der Waals surface area contributed by atoms with Gasteiger partial charge < -0.3 is 15.3 Å². The number of hydrogen-bond acceptors (Lipinski definition) is 3. The molecule has 0 fully saturated rings. The van der Waals surface area contributed by atoms with Gasteiger partial charge in [-0.05, 0) is 25.7 Å². The van der Waals surface area contributed by atoms with Gasteiger partial charge in [0.25, 0.3) is 0 Å². The van der Waals surface area contributed by atoms with Crippen LogP contribution in [0.15, 0.2) is 0 Å². The Labute approximate surface area is 157 Å². The molecule has 2 atom stereocenters. The Bertz CT molecular complexity index is 407. The molecule has 0 rings (SSSR count). The smallest absolute Gasteiger partial charge is 0.306 e. The first kappa shape index (κ1) is 24.4. The molecular weight excluding hydrogens is 336 g/mol. The van der Waals surface area contributed by atoms with E-state index in [2.05, 4.69) is 6.92 Å². The van der Waals surface area contributed by atoms with Crippen LogP contribution in [0.2, 0.25) is 0 Å². The van der Waals surface area contributed by atoms with E-state index in [4.69, 9.17) is 10.2 Å². The SMILES string of the molecule is CCCCCCCCCCC(CCCC(CCC(=O)O)C(=O)O)C(=O)O. The fourth-order valence-electron chi connectivity index (χ4n) is 3.22. The molecule has 0 aliphatic carbocycles. The molecule has 0 heterocycles. The summed E-state index contributed by atoms with van der Waals surface area (Å²) in [5.74, 6) is -3.95. The van der Waals surface area contributed by atoms with Gasteiger partial charge in [-0.25, -0.2) is 0 Å². The fraction of sp³-hybridized carbons (Fsp3) is 0.850. The Hall–Kier alpha value is -1.59. The Morgan fingerprint density at radius 3 is 1.50 bits per heavy atom. The van der Waals surface area contributed by atoms with Crippen molar-refractivity contribution in [1.29, 1.82) is 0 Å². The second-order valence-corrected chi connectivity index (χ2v) is 7.20. The maximum Gasteiger partial charge on any atom is 0.306 e. The molecule has 0 saturated carbocycles. The summed E-state index contributed by atoms with van der Waals surface area (Å²) < 4.78 is 0. The van der Waals surface area contributed by atoms with E-state index in [-0.39, 0.29) is 12.8 Å². The first-order valence-electron chi connectivity index (χ1n) is 10.1. The molecule has 6 nitrogen and oxygen atoms in total. The number of carboxylic acids is 3. The molecule has 0 aliphatic heterocycles. The standard InChI is InChI=1S/C20H36O6/c1-2-3-4-5-6-7-8-9-11-16(19(23)24)12-10-13-17(20(25)26)14-15-18(21)22/h16-17H,2-15H2,1H3,(H,21,22)(H,23,24)(H,25,26). The second kappa shape index (κ2) is 15.6. The summed E-state index contributed by atoms with van der Waals surface area (Å²) in [6.07, 6.45) is 11.2. The highest BCUT2D eigenvalue weighted by Gasteiger charge is 2.21. The summed E-state index contributed by atoms with van der Waals surface area (Å²) in [6.45, 7) is 2.19. The molecule has 0 aliphatic rings. The van der Waals surface area contributed by atoms with Crippen LogP contribution in [0, 0.1) is 11.8 Å². The van der Waals surface area contributed by atoms with Crippen molar-refractivity contribution < 1.29 is 29.7 Å². The predicted octanol–water partition coefficient (Wildman–Crippen LogP) is 4.95. The zero-order chi connectivity index (χ0) is 19.8. The minimum atomic E-state index is -1.01. The van der Waals surface area contributed by atoms with Crippen molar-refractivity contribution in [3.8, 4) is 0 Å². The molecule has 152 valence electrons. The zero-order valence-corrected chi connectivity index (χ0v) is 16.1. The van der Waals surface area contributed by atoms with Gasteiger partial charge in [0.2, 0.25) is 0 Å². The number of carboxylic acid groups (broad SMARTS) is 3. The van der Waals surface area contributed by atoms with Crippen LogP contribution >= 0.6 is 0 Å². The lowest BCUT2D eigenvalue weighted by Crippen LogP contribution is -2.17. The van der Waals surface area contributed by atoms with E-state index in [1.807, 2.05) is 0 Å². The van der Waals surface area contributed by atoms with Crippen LogP contribution in [0.3, 0.4) is 0 Å². The maximum absolute atomic E-state index is 11.4. The molecule has 0 bridgehead atoms. The van der Waals surface area contributed by atoms with Crippen LogP contribution in [0.5, 0.6) is 0 Å². The van der Waals surface area contributed by atoms with Crippen LogP contribution < -0.4 is 0 Å². The number of carbonyl (C=O) groups is 3. The Morgan fingerprint density at radius 2 is 1.04 bits per heavy atom. The van der Waals surface area contributed by atoms with E-state index in [0.717, 1.165) is 19.3 Å². The summed E-state index contributed by atoms with van der Waals surface area (Å²) in [6, 6.07) is 0. The number of hydrogen-bond donors (Lipinski definition) is 3. The average Bonchev–Trinajstić information content (AvgIpc) is 2.57. The largest absolute Gasteiger partial charge is 0.481 e. The summed E-state index contributed by atoms with van der Waals surface area (Å²) in [7, 11) is 0. The van der Waals surface area contributed by atoms with Gasteiger partial charge in [0, 0.05) is 6.42 Å². The molecule has 0 radical (unpaired) electrons. The maximum atomic E-state index is 11.4. The molecule has 6 heteroatoms. The Balaban J connectivity index is 3.98. The van der Waals surface area contributed by atoms with Gasteiger partial charge in [-0.3, -0.25) is 14.4 Å². The first-order valence-corrected chi connectivity index (χ1v) is 10.1. The summed E-state index contributed by atoms with van der Waals surface area (Å²) >= 11 is 0. The second-order valence-electron chi connectivity index (χ2n) is 7.20. The average molecular weight is 373 g/mol. The van der Waals surface area contributed by atoms with E-state index in [1.165, 1.54) is 32.1 Å². The molecule has 0 spiro atoms. The molecule has 26 heavy (non-hydrogen) atoms. The van der Waals surface area contributed by atoms with Crippen molar-refractivity contribution in [1.82, 2.24) is 0 Å². The van der Waals surface area contributed by atoms with Gasteiger partial charge in [0.05, 0.1) is 11.8 Å². The molecular formula is C20H36O6. The highest BCUT2D eigenvalue weighted by Crippen LogP contribution is 2.22. The zero-order valence-electron chi connectivity index (χ0n) is 16.1. The third-order valence-electron chi connectivity index (χ3n) is 4.92. The van der Waals surface area contributed by atoms with Gasteiger partial charge >= 0.3 is 17.9 Å². The van der Waals surface area contributed by atoms with Crippen molar-refractivity contribution in [2.45, 2.75) is 96.8 Å². The highest BCUT2D eigenvalue weighted by molar-refractivity contribution is 5.72. The molecule has 0 aromatic rings. The Morgan fingerprint density at radius 1 is 0.615 bits per heavy atom. The fourth-order valence-corrected chi connectivity index (χ4v) is 3.22. The van der Waals surface area contributed by atoms with Crippen molar-refractivity contribution >= 4 is 17.9 Å². The quantitative estimate of drug-likeness (QED) is 0.293. The predicted molar refractivity (Wildman–Crippen MR) is 100 cm³/mol. The minimum absolute atomic E-state index is 0.0977. The molecule has 2 unspecified atom stereocenters. The van der Waals surface area contributed by atoms with E-state index in [9.17, 15) is 19.5 Å². The minimum Gasteiger partial charge on any atom is -0.481 e. The lowest BCUT2D eigenvalue weighted by molar-refractivity contribution is -0.143. The number of aliphatic carboxylic acids is 3. The molecule has 0 aromatic carbocycles. The van der Waals surface area contributed by atoms with Crippen molar-refractivity contribution in [3.05, 3.63) is 0 Å². The van der Waals surface area contributed by atoms with Crippen molar-refractivity contribution in [3.63, 3.8) is 0 Å². The molecule has 0 saturated heterocycles. The highest BCUT2D eigenvalue weighted by atomic mass is 16.4. The topological polar surface area (TPSA) is 112 Å².